The number of carbonyl (C=O) groups is 1. The van der Waals surface area contributed by atoms with Crippen molar-refractivity contribution in [2.45, 2.75) is 31.2 Å². The zero-order chi connectivity index (χ0) is 14.6. The monoisotopic (exact) mass is 289 g/mol. The largest absolute Gasteiger partial charge is 0.290 e. The van der Waals surface area contributed by atoms with Crippen molar-refractivity contribution >= 4 is 5.78 Å². The minimum absolute atomic E-state index is 0.0570. The maximum Gasteiger partial charge on any atom is 0.218 e. The molecule has 6 heteroatoms. The third kappa shape index (κ3) is 1.97. The van der Waals surface area contributed by atoms with Crippen LogP contribution in [0, 0.1) is 5.92 Å². The smallest absolute Gasteiger partial charge is 0.218 e. The van der Waals surface area contributed by atoms with Gasteiger partial charge < -0.3 is 0 Å². The number of halogens is 2. The minimum Gasteiger partial charge on any atom is -0.290 e. The molecule has 1 aromatic heterocycles. The summed E-state index contributed by atoms with van der Waals surface area (Å²) in [6.45, 7) is 0. The number of alkyl halides is 2. The zero-order valence-corrected chi connectivity index (χ0v) is 11.1. The molecule has 0 spiro atoms. The second kappa shape index (κ2) is 4.44. The topological polar surface area (TPSA) is 47.8 Å². The zero-order valence-electron chi connectivity index (χ0n) is 11.1. The second-order valence-electron chi connectivity index (χ2n) is 5.59. The summed E-state index contributed by atoms with van der Waals surface area (Å²) in [5.41, 5.74) is 0.928. The molecule has 0 saturated heterocycles. The molecule has 1 aliphatic carbocycles. The molecule has 0 radical (unpaired) electrons. The Morgan fingerprint density at radius 1 is 1.19 bits per heavy atom. The van der Waals surface area contributed by atoms with Crippen molar-refractivity contribution in [2.24, 2.45) is 5.92 Å². The molecule has 2 unspecified atom stereocenters. The van der Waals surface area contributed by atoms with Gasteiger partial charge in [-0.1, -0.05) is 30.3 Å². The molecule has 0 amide bonds. The molecule has 1 aliphatic heterocycles. The van der Waals surface area contributed by atoms with E-state index in [0.717, 1.165) is 5.56 Å². The number of ketones is 1. The molecule has 21 heavy (non-hydrogen) atoms. The Morgan fingerprint density at radius 3 is 2.57 bits per heavy atom. The first kappa shape index (κ1) is 12.6. The predicted octanol–water partition coefficient (Wildman–Crippen LogP) is 2.82. The summed E-state index contributed by atoms with van der Waals surface area (Å²) in [7, 11) is 0. The summed E-state index contributed by atoms with van der Waals surface area (Å²) in [6.07, 6.45) is -1.85. The number of aromatic nitrogens is 3. The quantitative estimate of drug-likeness (QED) is 0.816. The van der Waals surface area contributed by atoms with Crippen LogP contribution in [0.2, 0.25) is 0 Å². The number of nitrogens with zero attached hydrogens (tertiary/aromatic N) is 3. The predicted molar refractivity (Wildman–Crippen MR) is 70.4 cm³/mol. The molecule has 4 nitrogen and oxygen atoms in total. The number of benzene rings is 1. The summed E-state index contributed by atoms with van der Waals surface area (Å²) in [5, 5.41) is 4.14. The van der Waals surface area contributed by atoms with Gasteiger partial charge in [0.25, 0.3) is 0 Å². The van der Waals surface area contributed by atoms with Crippen LogP contribution in [0.5, 0.6) is 0 Å². The first-order valence-corrected chi connectivity index (χ1v) is 6.99. The van der Waals surface area contributed by atoms with E-state index >= 15 is 0 Å². The molecule has 4 atom stereocenters. The second-order valence-corrected chi connectivity index (χ2v) is 5.59. The van der Waals surface area contributed by atoms with Crippen LogP contribution in [-0.4, -0.2) is 26.7 Å². The molecule has 1 fully saturated rings. The fourth-order valence-electron chi connectivity index (χ4n) is 2.84. The highest BCUT2D eigenvalue weighted by atomic mass is 19.1. The lowest BCUT2D eigenvalue weighted by Gasteiger charge is -2.11. The average molecular weight is 289 g/mol. The normalized spacial score (nSPS) is 30.2. The minimum atomic E-state index is -1.25. The first-order valence-electron chi connectivity index (χ1n) is 6.99. The van der Waals surface area contributed by atoms with Crippen molar-refractivity contribution in [3.05, 3.63) is 47.5 Å². The van der Waals surface area contributed by atoms with E-state index in [2.05, 4.69) is 10.1 Å². The highest BCUT2D eigenvalue weighted by Gasteiger charge is 2.46. The maximum atomic E-state index is 14.1. The van der Waals surface area contributed by atoms with E-state index in [4.69, 9.17) is 0 Å². The van der Waals surface area contributed by atoms with E-state index in [0.29, 0.717) is 0 Å². The van der Waals surface area contributed by atoms with Crippen molar-refractivity contribution in [3.8, 4) is 0 Å². The third-order valence-electron chi connectivity index (χ3n) is 4.12. The average Bonchev–Trinajstić information content (AvgIpc) is 2.95. The van der Waals surface area contributed by atoms with Gasteiger partial charge in [0.15, 0.2) is 12.0 Å². The van der Waals surface area contributed by atoms with Crippen LogP contribution in [0.4, 0.5) is 8.78 Å². The summed E-state index contributed by atoms with van der Waals surface area (Å²) in [4.78, 5) is 16.0. The Bertz CT molecular complexity index is 700. The molecule has 2 aromatic rings. The van der Waals surface area contributed by atoms with Gasteiger partial charge in [-0.25, -0.2) is 18.4 Å². The van der Waals surface area contributed by atoms with Crippen molar-refractivity contribution < 1.29 is 13.6 Å². The molecule has 2 heterocycles. The number of carbonyl (C=O) groups excluding carboxylic acids is 1. The fourth-order valence-corrected chi connectivity index (χ4v) is 2.84. The Balaban J connectivity index is 1.69. The van der Waals surface area contributed by atoms with Crippen LogP contribution in [0.25, 0.3) is 0 Å². The van der Waals surface area contributed by atoms with E-state index in [1.807, 2.05) is 30.3 Å². The van der Waals surface area contributed by atoms with Gasteiger partial charge in [0.1, 0.15) is 6.17 Å². The molecule has 2 aliphatic rings. The highest BCUT2D eigenvalue weighted by molar-refractivity contribution is 5.96. The Kier molecular flexibility index (Phi) is 2.67. The van der Waals surface area contributed by atoms with Crippen molar-refractivity contribution in [3.63, 3.8) is 0 Å². The van der Waals surface area contributed by atoms with Crippen molar-refractivity contribution in [2.75, 3.05) is 0 Å². The molecule has 0 N–H and O–H groups in total. The lowest BCUT2D eigenvalue weighted by molar-refractivity contribution is 0.0946. The lowest BCUT2D eigenvalue weighted by atomic mass is 10.0. The van der Waals surface area contributed by atoms with Gasteiger partial charge in [0, 0.05) is 6.42 Å². The summed E-state index contributed by atoms with van der Waals surface area (Å²) < 4.78 is 28.6. The fraction of sp³-hybridized carbons (Fsp3) is 0.400. The van der Waals surface area contributed by atoms with Crippen LogP contribution in [0.1, 0.15) is 47.1 Å². The van der Waals surface area contributed by atoms with E-state index < -0.39 is 24.0 Å². The summed E-state index contributed by atoms with van der Waals surface area (Å²) in [6, 6.07) is 9.17. The Morgan fingerprint density at radius 2 is 1.90 bits per heavy atom. The number of fused-ring (bicyclic) bond motifs is 1. The molecular formula is C15H13F2N3O. The van der Waals surface area contributed by atoms with E-state index in [1.54, 1.807) is 0 Å². The molecule has 1 saturated carbocycles. The number of rotatable bonds is 3. The summed E-state index contributed by atoms with van der Waals surface area (Å²) >= 11 is 0. The van der Waals surface area contributed by atoms with Gasteiger partial charge >= 0.3 is 0 Å². The van der Waals surface area contributed by atoms with E-state index in [9.17, 15) is 13.6 Å². The molecule has 4 rings (SSSR count). The van der Waals surface area contributed by atoms with Gasteiger partial charge in [0.2, 0.25) is 11.6 Å². The van der Waals surface area contributed by atoms with Crippen LogP contribution in [0.3, 0.4) is 0 Å². The van der Waals surface area contributed by atoms with Crippen LogP contribution in [-0.2, 0) is 0 Å². The van der Waals surface area contributed by atoms with Gasteiger partial charge in [-0.05, 0) is 12.0 Å². The molecule has 1 aromatic carbocycles. The van der Waals surface area contributed by atoms with E-state index in [1.165, 1.54) is 4.68 Å². The lowest BCUT2D eigenvalue weighted by Crippen LogP contribution is -2.11. The number of hydrogen-bond donors (Lipinski definition) is 0. The van der Waals surface area contributed by atoms with Gasteiger partial charge in [-0.15, -0.1) is 5.10 Å². The Hall–Kier alpha value is -2.11. The Labute approximate surface area is 119 Å². The SMILES string of the molecule is O=C(c1nc2n(n1)C(c1ccccc1)CC2F)[C@@H]1C[C@H]1F. The first-order chi connectivity index (χ1) is 10.1. The van der Waals surface area contributed by atoms with Crippen LogP contribution < -0.4 is 0 Å². The number of Topliss-reactive ketones (excluding diaryl/α,β-unsaturated/α-hetero) is 1. The van der Waals surface area contributed by atoms with Gasteiger partial charge in [-0.3, -0.25) is 4.79 Å². The van der Waals surface area contributed by atoms with Crippen molar-refractivity contribution in [1.82, 2.24) is 14.8 Å². The molecule has 0 bridgehead atoms. The van der Waals surface area contributed by atoms with Crippen LogP contribution in [0.15, 0.2) is 30.3 Å². The van der Waals surface area contributed by atoms with Crippen molar-refractivity contribution in [1.29, 1.82) is 0 Å². The highest BCUT2D eigenvalue weighted by Crippen LogP contribution is 2.41. The summed E-state index contributed by atoms with van der Waals surface area (Å²) in [5.74, 6) is -0.938. The van der Waals surface area contributed by atoms with E-state index in [-0.39, 0.29) is 30.5 Å². The van der Waals surface area contributed by atoms with Gasteiger partial charge in [0.05, 0.1) is 12.0 Å². The molecule has 108 valence electrons. The standard InChI is InChI=1S/C15H13F2N3O/c16-10-6-9(10)13(21)14-18-15-11(17)7-12(20(15)19-14)8-4-2-1-3-5-8/h1-5,9-12H,6-7H2/t9-,10-,11?,12?/m1/s1. The maximum absolute atomic E-state index is 14.1. The van der Waals surface area contributed by atoms with Crippen LogP contribution >= 0.6 is 0 Å². The van der Waals surface area contributed by atoms with Gasteiger partial charge in [-0.2, -0.15) is 0 Å². The number of hydrogen-bond acceptors (Lipinski definition) is 3. The molecular weight excluding hydrogens is 276 g/mol. The third-order valence-corrected chi connectivity index (χ3v) is 4.12.